The molecule has 0 spiro atoms. The molecule has 0 unspecified atom stereocenters. The molecule has 1 amide bonds. The number of nitriles is 1. The van der Waals surface area contributed by atoms with Crippen LogP contribution in [0.15, 0.2) is 46.9 Å². The van der Waals surface area contributed by atoms with Crippen LogP contribution in [0, 0.1) is 11.3 Å². The van der Waals surface area contributed by atoms with Crippen LogP contribution >= 0.6 is 27.3 Å². The molecule has 1 aromatic heterocycles. The Balaban J connectivity index is 2.08. The van der Waals surface area contributed by atoms with Gasteiger partial charge in [0.05, 0.1) is 6.07 Å². The van der Waals surface area contributed by atoms with Gasteiger partial charge in [-0.05, 0) is 35.9 Å². The Morgan fingerprint density at radius 3 is 2.71 bits per heavy atom. The van der Waals surface area contributed by atoms with Gasteiger partial charge < -0.3 is 4.90 Å². The second-order valence-electron chi connectivity index (χ2n) is 4.39. The molecule has 1 aromatic carbocycles. The summed E-state index contributed by atoms with van der Waals surface area (Å²) in [5.41, 5.74) is 1.15. The van der Waals surface area contributed by atoms with E-state index in [2.05, 4.69) is 28.1 Å². The van der Waals surface area contributed by atoms with Gasteiger partial charge in [-0.15, -0.1) is 11.3 Å². The standard InChI is InChI=1S/C16H13BrN2OS/c1-19(11-10-18)16(20)9-7-14-6-8-15(21-14)12-2-4-13(17)5-3-12/h2-9H,11H2,1H3. The fourth-order valence-corrected chi connectivity index (χ4v) is 2.86. The van der Waals surface area contributed by atoms with E-state index < -0.39 is 0 Å². The largest absolute Gasteiger partial charge is 0.329 e. The van der Waals surface area contributed by atoms with Gasteiger partial charge in [-0.25, -0.2) is 0 Å². The minimum atomic E-state index is -0.171. The highest BCUT2D eigenvalue weighted by Crippen LogP contribution is 2.29. The van der Waals surface area contributed by atoms with Crippen molar-refractivity contribution in [2.75, 3.05) is 13.6 Å². The summed E-state index contributed by atoms with van der Waals surface area (Å²) in [6, 6.07) is 14.1. The number of carbonyl (C=O) groups is 1. The first kappa shape index (κ1) is 15.5. The van der Waals surface area contributed by atoms with E-state index in [9.17, 15) is 4.79 Å². The number of halogens is 1. The third kappa shape index (κ3) is 4.28. The lowest BCUT2D eigenvalue weighted by Crippen LogP contribution is -2.24. The van der Waals surface area contributed by atoms with Gasteiger partial charge in [-0.2, -0.15) is 5.26 Å². The average molecular weight is 361 g/mol. The number of hydrogen-bond donors (Lipinski definition) is 0. The van der Waals surface area contributed by atoms with Crippen molar-refractivity contribution in [3.8, 4) is 16.5 Å². The summed E-state index contributed by atoms with van der Waals surface area (Å²) < 4.78 is 1.05. The van der Waals surface area contributed by atoms with E-state index in [1.165, 1.54) is 11.0 Å². The van der Waals surface area contributed by atoms with Crippen LogP contribution in [-0.2, 0) is 4.79 Å². The van der Waals surface area contributed by atoms with Gasteiger partial charge >= 0.3 is 0 Å². The van der Waals surface area contributed by atoms with E-state index in [0.717, 1.165) is 19.8 Å². The van der Waals surface area contributed by atoms with E-state index in [1.807, 2.05) is 30.3 Å². The van der Waals surface area contributed by atoms with E-state index in [0.29, 0.717) is 0 Å². The minimum absolute atomic E-state index is 0.0950. The van der Waals surface area contributed by atoms with E-state index in [4.69, 9.17) is 5.26 Å². The fourth-order valence-electron chi connectivity index (χ4n) is 1.68. The summed E-state index contributed by atoms with van der Waals surface area (Å²) in [5.74, 6) is -0.171. The molecule has 21 heavy (non-hydrogen) atoms. The van der Waals surface area contributed by atoms with Crippen molar-refractivity contribution in [2.24, 2.45) is 0 Å². The molecule has 0 N–H and O–H groups in total. The summed E-state index contributed by atoms with van der Waals surface area (Å²) in [7, 11) is 1.61. The molecule has 0 saturated carbocycles. The highest BCUT2D eigenvalue weighted by atomic mass is 79.9. The molecule has 0 aliphatic rings. The van der Waals surface area contributed by atoms with Crippen molar-refractivity contribution in [3.63, 3.8) is 0 Å². The summed E-state index contributed by atoms with van der Waals surface area (Å²) in [5, 5.41) is 8.55. The fraction of sp³-hybridized carbons (Fsp3) is 0.125. The van der Waals surface area contributed by atoms with E-state index in [1.54, 1.807) is 24.5 Å². The highest BCUT2D eigenvalue weighted by Gasteiger charge is 2.04. The normalized spacial score (nSPS) is 10.5. The van der Waals surface area contributed by atoms with Crippen molar-refractivity contribution in [2.45, 2.75) is 0 Å². The zero-order valence-electron chi connectivity index (χ0n) is 11.4. The summed E-state index contributed by atoms with van der Waals surface area (Å²) in [6.07, 6.45) is 3.28. The van der Waals surface area contributed by atoms with Crippen molar-refractivity contribution in [1.82, 2.24) is 4.90 Å². The summed E-state index contributed by atoms with van der Waals surface area (Å²) in [4.78, 5) is 15.2. The maximum absolute atomic E-state index is 11.7. The molecule has 1 heterocycles. The quantitative estimate of drug-likeness (QED) is 0.606. The smallest absolute Gasteiger partial charge is 0.247 e. The minimum Gasteiger partial charge on any atom is -0.329 e. The number of amides is 1. The first-order chi connectivity index (χ1) is 10.1. The first-order valence-corrected chi connectivity index (χ1v) is 7.87. The van der Waals surface area contributed by atoms with E-state index in [-0.39, 0.29) is 12.5 Å². The molecular weight excluding hydrogens is 348 g/mol. The molecule has 2 aromatic rings. The van der Waals surface area contributed by atoms with Crippen molar-refractivity contribution < 1.29 is 4.79 Å². The lowest BCUT2D eigenvalue weighted by molar-refractivity contribution is -0.124. The Morgan fingerprint density at radius 1 is 1.33 bits per heavy atom. The van der Waals surface area contributed by atoms with Crippen LogP contribution in [0.25, 0.3) is 16.5 Å². The van der Waals surface area contributed by atoms with Gasteiger partial charge in [0.1, 0.15) is 6.54 Å². The SMILES string of the molecule is CN(CC#N)C(=O)C=Cc1ccc(-c2ccc(Br)cc2)s1. The van der Waals surface area contributed by atoms with Gasteiger partial charge in [-0.3, -0.25) is 4.79 Å². The molecule has 0 saturated heterocycles. The Bertz CT molecular complexity index is 698. The van der Waals surface area contributed by atoms with Crippen LogP contribution in [0.2, 0.25) is 0 Å². The van der Waals surface area contributed by atoms with E-state index >= 15 is 0 Å². The number of benzene rings is 1. The summed E-state index contributed by atoms with van der Waals surface area (Å²) >= 11 is 5.04. The maximum atomic E-state index is 11.7. The second-order valence-corrected chi connectivity index (χ2v) is 6.43. The third-order valence-corrected chi connectivity index (χ3v) is 4.46. The highest BCUT2D eigenvalue weighted by molar-refractivity contribution is 9.10. The zero-order chi connectivity index (χ0) is 15.2. The van der Waals surface area contributed by atoms with Crippen molar-refractivity contribution >= 4 is 39.2 Å². The average Bonchev–Trinajstić information content (AvgIpc) is 2.94. The van der Waals surface area contributed by atoms with Crippen molar-refractivity contribution in [1.29, 1.82) is 5.26 Å². The molecule has 0 aliphatic carbocycles. The first-order valence-electron chi connectivity index (χ1n) is 6.26. The third-order valence-electron chi connectivity index (χ3n) is 2.83. The molecule has 3 nitrogen and oxygen atoms in total. The van der Waals surface area contributed by atoms with Gasteiger partial charge in [0.25, 0.3) is 0 Å². The number of carbonyl (C=O) groups excluding carboxylic acids is 1. The lowest BCUT2D eigenvalue weighted by atomic mass is 10.2. The van der Waals surface area contributed by atoms with Crippen LogP contribution in [0.1, 0.15) is 4.88 Å². The topological polar surface area (TPSA) is 44.1 Å². The number of likely N-dealkylation sites (N-methyl/N-ethyl adjacent to an activating group) is 1. The van der Waals surface area contributed by atoms with Gasteiger partial charge in [0.2, 0.25) is 5.91 Å². The van der Waals surface area contributed by atoms with Crippen LogP contribution < -0.4 is 0 Å². The zero-order valence-corrected chi connectivity index (χ0v) is 13.8. The van der Waals surface area contributed by atoms with Gasteiger partial charge in [0.15, 0.2) is 0 Å². The van der Waals surface area contributed by atoms with Crippen LogP contribution in [-0.4, -0.2) is 24.4 Å². The predicted octanol–water partition coefficient (Wildman–Crippen LogP) is 4.17. The van der Waals surface area contributed by atoms with Crippen LogP contribution in [0.5, 0.6) is 0 Å². The van der Waals surface area contributed by atoms with Crippen LogP contribution in [0.3, 0.4) is 0 Å². The Labute approximate surface area is 136 Å². The van der Waals surface area contributed by atoms with Crippen LogP contribution in [0.4, 0.5) is 0 Å². The van der Waals surface area contributed by atoms with Gasteiger partial charge in [-0.1, -0.05) is 28.1 Å². The number of hydrogen-bond acceptors (Lipinski definition) is 3. The Hall–Kier alpha value is -1.90. The molecule has 0 bridgehead atoms. The Kier molecular flexibility index (Phi) is 5.32. The monoisotopic (exact) mass is 360 g/mol. The molecule has 106 valence electrons. The molecular formula is C16H13BrN2OS. The van der Waals surface area contributed by atoms with Gasteiger partial charge in [0, 0.05) is 27.4 Å². The number of rotatable bonds is 4. The molecule has 5 heteroatoms. The number of thiophene rings is 1. The molecule has 0 aliphatic heterocycles. The second kappa shape index (κ2) is 7.21. The maximum Gasteiger partial charge on any atom is 0.247 e. The van der Waals surface area contributed by atoms with Crippen molar-refractivity contribution in [3.05, 3.63) is 51.8 Å². The summed E-state index contributed by atoms with van der Waals surface area (Å²) in [6.45, 7) is 0.0950. The lowest BCUT2D eigenvalue weighted by Gasteiger charge is -2.08. The number of nitrogens with zero attached hydrogens (tertiary/aromatic N) is 2. The molecule has 0 fully saturated rings. The Morgan fingerprint density at radius 2 is 2.05 bits per heavy atom. The molecule has 0 radical (unpaired) electrons. The molecule has 2 rings (SSSR count). The molecule has 0 atom stereocenters. The predicted molar refractivity (Wildman–Crippen MR) is 89.7 cm³/mol.